The third-order valence-corrected chi connectivity index (χ3v) is 3.21. The Hall–Kier alpha value is -1.18. The number of anilines is 2. The number of nitrogens with one attached hydrogen (secondary N) is 1. The van der Waals surface area contributed by atoms with Crippen LogP contribution in [0.3, 0.4) is 0 Å². The maximum absolute atomic E-state index is 10.8. The summed E-state index contributed by atoms with van der Waals surface area (Å²) in [5.41, 5.74) is 1.93. The van der Waals surface area contributed by atoms with Gasteiger partial charge in [-0.1, -0.05) is 47.5 Å². The largest absolute Gasteiger partial charge is 0.481 e. The Bertz CT molecular complexity index is 600. The van der Waals surface area contributed by atoms with Crippen LogP contribution >= 0.6 is 23.2 Å². The Morgan fingerprint density at radius 2 is 1.65 bits per heavy atom. The molecule has 0 aliphatic rings. The van der Waals surface area contributed by atoms with E-state index in [-0.39, 0.29) is 23.8 Å². The fourth-order valence-corrected chi connectivity index (χ4v) is 2.20. The van der Waals surface area contributed by atoms with E-state index in [1.54, 1.807) is 36.4 Å². The number of halogens is 2. The predicted octanol–water partition coefficient (Wildman–Crippen LogP) is 3.18. The standard InChI is InChI=1S/C14H11Cl2NO2.Al.3H/c15-10-5-3-6-11(16)14(10)17-12-7-2-1-4-9(12)8-13(18)19;;;;/h1-7,17H,8H2,(H,18,19);;;;. The molecule has 6 heteroatoms. The number of para-hydroxylation sites is 2. The summed E-state index contributed by atoms with van der Waals surface area (Å²) in [5.74, 6) is -0.889. The number of aliphatic carboxylic acids is 1. The molecule has 0 saturated heterocycles. The molecule has 0 saturated carbocycles. The molecule has 2 aromatic carbocycles. The number of carbonyl (C=O) groups is 1. The highest BCUT2D eigenvalue weighted by molar-refractivity contribution is 6.39. The van der Waals surface area contributed by atoms with Crippen molar-refractivity contribution in [2.45, 2.75) is 6.42 Å². The molecule has 0 spiro atoms. The van der Waals surface area contributed by atoms with Crippen LogP contribution in [0.1, 0.15) is 5.56 Å². The molecule has 0 unspecified atom stereocenters. The number of hydrogen-bond acceptors (Lipinski definition) is 2. The zero-order chi connectivity index (χ0) is 13.8. The normalized spacial score (nSPS) is 9.70. The summed E-state index contributed by atoms with van der Waals surface area (Å²) in [6.07, 6.45) is -0.0642. The summed E-state index contributed by atoms with van der Waals surface area (Å²) < 4.78 is 0. The molecule has 2 N–H and O–H groups in total. The van der Waals surface area contributed by atoms with Gasteiger partial charge in [0.1, 0.15) is 0 Å². The molecule has 2 aromatic rings. The van der Waals surface area contributed by atoms with Crippen LogP contribution in [0.2, 0.25) is 10.0 Å². The van der Waals surface area contributed by atoms with Crippen molar-refractivity contribution in [1.82, 2.24) is 0 Å². The van der Waals surface area contributed by atoms with Crippen molar-refractivity contribution in [1.29, 1.82) is 0 Å². The molecule has 0 amide bonds. The van der Waals surface area contributed by atoms with Crippen molar-refractivity contribution in [2.24, 2.45) is 0 Å². The van der Waals surface area contributed by atoms with Crippen molar-refractivity contribution in [3.05, 3.63) is 58.1 Å². The maximum Gasteiger partial charge on any atom is 0.307 e. The number of benzene rings is 2. The molecule has 3 nitrogen and oxygen atoms in total. The quantitative estimate of drug-likeness (QED) is 0.849. The number of carboxylic acids is 1. The summed E-state index contributed by atoms with van der Waals surface area (Å²) >= 11 is 12.1. The Kier molecular flexibility index (Phi) is 6.38. The topological polar surface area (TPSA) is 49.3 Å². The predicted molar refractivity (Wildman–Crippen MR) is 87.5 cm³/mol. The highest BCUT2D eigenvalue weighted by Crippen LogP contribution is 2.33. The first-order valence-electron chi connectivity index (χ1n) is 5.58. The van der Waals surface area contributed by atoms with E-state index < -0.39 is 5.97 Å². The minimum atomic E-state index is -0.889. The van der Waals surface area contributed by atoms with E-state index in [1.165, 1.54) is 0 Å². The van der Waals surface area contributed by atoms with Crippen LogP contribution in [-0.2, 0) is 11.2 Å². The molecule has 2 rings (SSSR count). The molecule has 0 radical (unpaired) electrons. The average Bonchev–Trinajstić information content (AvgIpc) is 2.35. The van der Waals surface area contributed by atoms with E-state index in [9.17, 15) is 4.79 Å². The second kappa shape index (κ2) is 7.56. The van der Waals surface area contributed by atoms with Gasteiger partial charge in [0.2, 0.25) is 0 Å². The van der Waals surface area contributed by atoms with Crippen LogP contribution in [0.4, 0.5) is 11.4 Å². The SMILES string of the molecule is O=C(O)Cc1ccccc1Nc1c(Cl)cccc1Cl.[AlH3]. The molecular formula is C14H14AlCl2NO2. The Morgan fingerprint density at radius 1 is 1.05 bits per heavy atom. The fourth-order valence-electron chi connectivity index (χ4n) is 1.71. The van der Waals surface area contributed by atoms with Crippen LogP contribution in [-0.4, -0.2) is 28.4 Å². The zero-order valence-electron chi connectivity index (χ0n) is 9.86. The molecule has 0 atom stereocenters. The van der Waals surface area contributed by atoms with Gasteiger partial charge in [-0.15, -0.1) is 0 Å². The van der Waals surface area contributed by atoms with Gasteiger partial charge >= 0.3 is 5.97 Å². The van der Waals surface area contributed by atoms with E-state index in [2.05, 4.69) is 5.32 Å². The van der Waals surface area contributed by atoms with Crippen LogP contribution in [0.5, 0.6) is 0 Å². The van der Waals surface area contributed by atoms with E-state index in [1.807, 2.05) is 6.07 Å². The minimum Gasteiger partial charge on any atom is -0.481 e. The lowest BCUT2D eigenvalue weighted by Gasteiger charge is -2.13. The molecule has 0 aliphatic heterocycles. The number of rotatable bonds is 4. The first-order chi connectivity index (χ1) is 9.08. The fraction of sp³-hybridized carbons (Fsp3) is 0.0714. The van der Waals surface area contributed by atoms with Crippen LogP contribution in [0, 0.1) is 0 Å². The van der Waals surface area contributed by atoms with Crippen LogP contribution in [0.15, 0.2) is 42.5 Å². The van der Waals surface area contributed by atoms with Crippen LogP contribution < -0.4 is 5.32 Å². The maximum atomic E-state index is 10.8. The van der Waals surface area contributed by atoms with Crippen molar-refractivity contribution >= 4 is 57.9 Å². The monoisotopic (exact) mass is 325 g/mol. The van der Waals surface area contributed by atoms with Crippen molar-refractivity contribution < 1.29 is 9.90 Å². The Labute approximate surface area is 137 Å². The molecular weight excluding hydrogens is 312 g/mol. The second-order valence-corrected chi connectivity index (χ2v) is 4.76. The Balaban J connectivity index is 0.00000200. The third-order valence-electron chi connectivity index (χ3n) is 2.58. The molecule has 0 aliphatic carbocycles. The summed E-state index contributed by atoms with van der Waals surface area (Å²) in [4.78, 5) is 10.8. The van der Waals surface area contributed by atoms with E-state index in [4.69, 9.17) is 28.3 Å². The number of carboxylic acid groups (broad SMARTS) is 1. The first kappa shape index (κ1) is 16.9. The van der Waals surface area contributed by atoms with Crippen molar-refractivity contribution in [3.63, 3.8) is 0 Å². The van der Waals surface area contributed by atoms with Crippen molar-refractivity contribution in [2.75, 3.05) is 5.32 Å². The lowest BCUT2D eigenvalue weighted by Crippen LogP contribution is -2.04. The van der Waals surface area contributed by atoms with Gasteiger partial charge in [0.15, 0.2) is 17.4 Å². The molecule has 0 fully saturated rings. The second-order valence-electron chi connectivity index (χ2n) is 3.95. The lowest BCUT2D eigenvalue weighted by molar-refractivity contribution is -0.136. The minimum absolute atomic E-state index is 0. The van der Waals surface area contributed by atoms with Crippen LogP contribution in [0.25, 0.3) is 0 Å². The summed E-state index contributed by atoms with van der Waals surface area (Å²) in [6.45, 7) is 0. The number of hydrogen-bond donors (Lipinski definition) is 2. The Morgan fingerprint density at radius 3 is 2.25 bits per heavy atom. The lowest BCUT2D eigenvalue weighted by atomic mass is 10.1. The average molecular weight is 326 g/mol. The molecule has 0 aromatic heterocycles. The van der Waals surface area contributed by atoms with Gasteiger partial charge in [-0.25, -0.2) is 0 Å². The molecule has 20 heavy (non-hydrogen) atoms. The van der Waals surface area contributed by atoms with Gasteiger partial charge in [0.05, 0.1) is 22.2 Å². The van der Waals surface area contributed by atoms with Gasteiger partial charge < -0.3 is 10.4 Å². The molecule has 0 heterocycles. The smallest absolute Gasteiger partial charge is 0.307 e. The highest BCUT2D eigenvalue weighted by Gasteiger charge is 2.10. The van der Waals surface area contributed by atoms with Gasteiger partial charge in [-0.3, -0.25) is 4.79 Å². The van der Waals surface area contributed by atoms with Crippen molar-refractivity contribution in [3.8, 4) is 0 Å². The zero-order valence-corrected chi connectivity index (χ0v) is 11.4. The van der Waals surface area contributed by atoms with Gasteiger partial charge in [-0.05, 0) is 23.8 Å². The summed E-state index contributed by atoms with van der Waals surface area (Å²) in [6, 6.07) is 12.3. The van der Waals surface area contributed by atoms with Gasteiger partial charge in [0.25, 0.3) is 0 Å². The van der Waals surface area contributed by atoms with E-state index in [0.29, 0.717) is 27.0 Å². The van der Waals surface area contributed by atoms with Gasteiger partial charge in [-0.2, -0.15) is 0 Å². The molecule has 104 valence electrons. The highest BCUT2D eigenvalue weighted by atomic mass is 35.5. The molecule has 0 bridgehead atoms. The van der Waals surface area contributed by atoms with E-state index in [0.717, 1.165) is 0 Å². The summed E-state index contributed by atoms with van der Waals surface area (Å²) in [7, 11) is 0. The van der Waals surface area contributed by atoms with Gasteiger partial charge in [0, 0.05) is 5.69 Å². The third kappa shape index (κ3) is 4.16. The summed E-state index contributed by atoms with van der Waals surface area (Å²) in [5, 5.41) is 12.9. The van der Waals surface area contributed by atoms with E-state index >= 15 is 0 Å². The first-order valence-corrected chi connectivity index (χ1v) is 6.34.